The zero-order valence-electron chi connectivity index (χ0n) is 8.93. The summed E-state index contributed by atoms with van der Waals surface area (Å²) in [4.78, 5) is 2.56. The molecule has 0 saturated carbocycles. The normalized spacial score (nSPS) is 24.5. The molecule has 0 aliphatic carbocycles. The van der Waals surface area contributed by atoms with Gasteiger partial charge in [-0.2, -0.15) is 0 Å². The zero-order valence-corrected chi connectivity index (χ0v) is 9.69. The van der Waals surface area contributed by atoms with Gasteiger partial charge in [-0.15, -0.1) is 11.6 Å². The highest BCUT2D eigenvalue weighted by atomic mass is 35.5. The van der Waals surface area contributed by atoms with E-state index in [-0.39, 0.29) is 0 Å². The van der Waals surface area contributed by atoms with Crippen molar-refractivity contribution in [2.24, 2.45) is 5.92 Å². The lowest BCUT2D eigenvalue weighted by Crippen LogP contribution is -2.31. The molecule has 1 atom stereocenters. The van der Waals surface area contributed by atoms with Crippen LogP contribution in [0, 0.1) is 5.92 Å². The van der Waals surface area contributed by atoms with Crippen molar-refractivity contribution in [2.45, 2.75) is 45.6 Å². The van der Waals surface area contributed by atoms with Gasteiger partial charge in [0.25, 0.3) is 0 Å². The van der Waals surface area contributed by atoms with Gasteiger partial charge >= 0.3 is 0 Å². The van der Waals surface area contributed by atoms with Crippen LogP contribution in [0.4, 0.5) is 0 Å². The smallest absolute Gasteiger partial charge is 0.0379 e. The molecule has 1 aliphatic heterocycles. The molecule has 13 heavy (non-hydrogen) atoms. The minimum Gasteiger partial charge on any atom is -0.299 e. The molecular weight excluding hydrogens is 182 g/mol. The van der Waals surface area contributed by atoms with Crippen LogP contribution in [-0.2, 0) is 0 Å². The minimum atomic E-state index is 0.675. The summed E-state index contributed by atoms with van der Waals surface area (Å²) < 4.78 is 0. The van der Waals surface area contributed by atoms with Gasteiger partial charge in [0.05, 0.1) is 0 Å². The maximum absolute atomic E-state index is 5.90. The molecule has 0 radical (unpaired) electrons. The van der Waals surface area contributed by atoms with Crippen LogP contribution in [0.3, 0.4) is 0 Å². The van der Waals surface area contributed by atoms with Crippen LogP contribution in [0.5, 0.6) is 0 Å². The number of nitrogens with zero attached hydrogens (tertiary/aromatic N) is 1. The summed E-state index contributed by atoms with van der Waals surface area (Å²) in [6.07, 6.45) is 5.35. The molecule has 0 spiro atoms. The molecule has 1 nitrogen and oxygen atoms in total. The monoisotopic (exact) mass is 203 g/mol. The molecule has 0 aromatic carbocycles. The Bertz CT molecular complexity index is 136. The molecule has 1 rings (SSSR count). The third-order valence-electron chi connectivity index (χ3n) is 2.90. The van der Waals surface area contributed by atoms with Gasteiger partial charge in [-0.3, -0.25) is 4.90 Å². The SMILES string of the molecule is CC(C)CCCN1CCCC1CCl. The number of hydrogen-bond donors (Lipinski definition) is 0. The van der Waals surface area contributed by atoms with Crippen LogP contribution >= 0.6 is 11.6 Å². The maximum atomic E-state index is 5.90. The zero-order chi connectivity index (χ0) is 9.68. The van der Waals surface area contributed by atoms with Crippen LogP contribution < -0.4 is 0 Å². The van der Waals surface area contributed by atoms with Crippen molar-refractivity contribution >= 4 is 11.6 Å². The lowest BCUT2D eigenvalue weighted by Gasteiger charge is -2.22. The first-order chi connectivity index (χ1) is 6.24. The summed E-state index contributed by atoms with van der Waals surface area (Å²) in [5.74, 6) is 1.67. The summed E-state index contributed by atoms with van der Waals surface area (Å²) in [6.45, 7) is 7.12. The predicted octanol–water partition coefficient (Wildman–Crippen LogP) is 3.13. The van der Waals surface area contributed by atoms with Crippen molar-refractivity contribution in [3.05, 3.63) is 0 Å². The van der Waals surface area contributed by atoms with Crippen LogP contribution in [0.25, 0.3) is 0 Å². The van der Waals surface area contributed by atoms with E-state index in [2.05, 4.69) is 18.7 Å². The third-order valence-corrected chi connectivity index (χ3v) is 3.26. The van der Waals surface area contributed by atoms with Gasteiger partial charge in [-0.05, 0) is 44.7 Å². The predicted molar refractivity (Wildman–Crippen MR) is 59.4 cm³/mol. The largest absolute Gasteiger partial charge is 0.299 e. The Balaban J connectivity index is 2.13. The molecule has 0 aromatic heterocycles. The number of halogens is 1. The summed E-state index contributed by atoms with van der Waals surface area (Å²) in [5, 5.41) is 0. The molecule has 78 valence electrons. The van der Waals surface area contributed by atoms with E-state index in [0.29, 0.717) is 6.04 Å². The van der Waals surface area contributed by atoms with Crippen molar-refractivity contribution in [1.82, 2.24) is 4.90 Å². The van der Waals surface area contributed by atoms with Gasteiger partial charge < -0.3 is 0 Å². The van der Waals surface area contributed by atoms with E-state index in [4.69, 9.17) is 11.6 Å². The Morgan fingerprint density at radius 3 is 2.85 bits per heavy atom. The second-order valence-corrected chi connectivity index (χ2v) is 4.83. The van der Waals surface area contributed by atoms with Gasteiger partial charge in [0.15, 0.2) is 0 Å². The lowest BCUT2D eigenvalue weighted by atomic mass is 10.1. The summed E-state index contributed by atoms with van der Waals surface area (Å²) in [5.41, 5.74) is 0. The average Bonchev–Trinajstić information content (AvgIpc) is 2.51. The molecule has 0 amide bonds. The second kappa shape index (κ2) is 5.87. The lowest BCUT2D eigenvalue weighted by molar-refractivity contribution is 0.260. The Hall–Kier alpha value is 0.250. The number of likely N-dealkylation sites (tertiary alicyclic amines) is 1. The fraction of sp³-hybridized carbons (Fsp3) is 1.00. The summed E-state index contributed by atoms with van der Waals surface area (Å²) in [6, 6.07) is 0.675. The molecule has 0 N–H and O–H groups in total. The van der Waals surface area contributed by atoms with Gasteiger partial charge in [-0.1, -0.05) is 13.8 Å². The highest BCUT2D eigenvalue weighted by Crippen LogP contribution is 2.19. The molecule has 1 fully saturated rings. The van der Waals surface area contributed by atoms with Crippen molar-refractivity contribution in [3.63, 3.8) is 0 Å². The van der Waals surface area contributed by atoms with Crippen LogP contribution in [0.15, 0.2) is 0 Å². The molecule has 1 unspecified atom stereocenters. The van der Waals surface area contributed by atoms with E-state index < -0.39 is 0 Å². The van der Waals surface area contributed by atoms with Gasteiger partial charge in [0.1, 0.15) is 0 Å². The highest BCUT2D eigenvalue weighted by molar-refractivity contribution is 6.18. The first-order valence-corrected chi connectivity index (χ1v) is 6.07. The molecule has 1 saturated heterocycles. The summed E-state index contributed by atoms with van der Waals surface area (Å²) in [7, 11) is 0. The first-order valence-electron chi connectivity index (χ1n) is 5.54. The van der Waals surface area contributed by atoms with Crippen molar-refractivity contribution < 1.29 is 0 Å². The van der Waals surface area contributed by atoms with E-state index in [9.17, 15) is 0 Å². The van der Waals surface area contributed by atoms with Gasteiger partial charge in [0.2, 0.25) is 0 Å². The molecule has 2 heteroatoms. The van der Waals surface area contributed by atoms with Crippen molar-refractivity contribution in [2.75, 3.05) is 19.0 Å². The topological polar surface area (TPSA) is 3.24 Å². The quantitative estimate of drug-likeness (QED) is 0.621. The maximum Gasteiger partial charge on any atom is 0.0379 e. The van der Waals surface area contributed by atoms with Crippen molar-refractivity contribution in [3.8, 4) is 0 Å². The number of rotatable bonds is 5. The van der Waals surface area contributed by atoms with E-state index in [0.717, 1.165) is 11.8 Å². The van der Waals surface area contributed by atoms with Crippen LogP contribution in [-0.4, -0.2) is 29.9 Å². The standard InChI is InChI=1S/C11H22ClN/c1-10(2)5-3-7-13-8-4-6-11(13)9-12/h10-11H,3-9H2,1-2H3. The minimum absolute atomic E-state index is 0.675. The fourth-order valence-corrected chi connectivity index (χ4v) is 2.42. The molecule has 1 heterocycles. The third kappa shape index (κ3) is 3.86. The summed E-state index contributed by atoms with van der Waals surface area (Å²) >= 11 is 5.90. The van der Waals surface area contributed by atoms with E-state index in [1.54, 1.807) is 0 Å². The Kier molecular flexibility index (Phi) is 5.12. The van der Waals surface area contributed by atoms with Crippen LogP contribution in [0.1, 0.15) is 39.5 Å². The van der Waals surface area contributed by atoms with Crippen molar-refractivity contribution in [1.29, 1.82) is 0 Å². The number of alkyl halides is 1. The Morgan fingerprint density at radius 1 is 1.46 bits per heavy atom. The van der Waals surface area contributed by atoms with Crippen LogP contribution in [0.2, 0.25) is 0 Å². The molecule has 0 aromatic rings. The van der Waals surface area contributed by atoms with Gasteiger partial charge in [-0.25, -0.2) is 0 Å². The van der Waals surface area contributed by atoms with E-state index in [1.807, 2.05) is 0 Å². The molecular formula is C11H22ClN. The van der Waals surface area contributed by atoms with E-state index >= 15 is 0 Å². The molecule has 1 aliphatic rings. The Labute approximate surface area is 87.4 Å². The fourth-order valence-electron chi connectivity index (χ4n) is 2.07. The second-order valence-electron chi connectivity index (χ2n) is 4.52. The number of hydrogen-bond acceptors (Lipinski definition) is 1. The highest BCUT2D eigenvalue weighted by Gasteiger charge is 2.22. The molecule has 0 bridgehead atoms. The van der Waals surface area contributed by atoms with Gasteiger partial charge in [0, 0.05) is 11.9 Å². The average molecular weight is 204 g/mol. The Morgan fingerprint density at radius 2 is 2.23 bits per heavy atom. The first kappa shape index (κ1) is 11.3. The van der Waals surface area contributed by atoms with E-state index in [1.165, 1.54) is 38.8 Å².